The second-order valence-corrected chi connectivity index (χ2v) is 2.63. The van der Waals surface area contributed by atoms with E-state index < -0.39 is 0 Å². The van der Waals surface area contributed by atoms with Crippen LogP contribution in [0.4, 0.5) is 0 Å². The van der Waals surface area contributed by atoms with Crippen LogP contribution in [0.25, 0.3) is 0 Å². The normalized spacial score (nSPS) is 11.2. The highest BCUT2D eigenvalue weighted by atomic mass is 16.5. The number of aryl methyl sites for hydroxylation is 1. The highest BCUT2D eigenvalue weighted by Gasteiger charge is 1.97. The first-order valence-electron chi connectivity index (χ1n) is 4.07. The van der Waals surface area contributed by atoms with Crippen molar-refractivity contribution in [3.63, 3.8) is 0 Å². The molecule has 0 fully saturated rings. The van der Waals surface area contributed by atoms with Crippen LogP contribution >= 0.6 is 0 Å². The second kappa shape index (κ2) is 4.72. The van der Waals surface area contributed by atoms with Gasteiger partial charge in [-0.3, -0.25) is 0 Å². The molecule has 1 aromatic heterocycles. The minimum Gasteiger partial charge on any atom is -0.361 e. The summed E-state index contributed by atoms with van der Waals surface area (Å²) in [4.78, 5) is 0. The van der Waals surface area contributed by atoms with Crippen LogP contribution in [0.1, 0.15) is 18.4 Å². The standard InChI is InChI=1S/C9H14N2O/c1-3-4-5-10-7-9-6-8(2)12-11-9/h3-4,6,10H,5,7H2,1-2H3/b4-3+. The van der Waals surface area contributed by atoms with Gasteiger partial charge in [0.1, 0.15) is 5.76 Å². The van der Waals surface area contributed by atoms with E-state index in [1.807, 2.05) is 26.0 Å². The maximum atomic E-state index is 4.91. The molecule has 1 rings (SSSR count). The Hall–Kier alpha value is -1.09. The molecule has 0 saturated carbocycles. The van der Waals surface area contributed by atoms with E-state index in [-0.39, 0.29) is 0 Å². The van der Waals surface area contributed by atoms with Gasteiger partial charge in [0.15, 0.2) is 0 Å². The van der Waals surface area contributed by atoms with E-state index in [1.165, 1.54) is 0 Å². The van der Waals surface area contributed by atoms with Crippen molar-refractivity contribution in [1.82, 2.24) is 10.5 Å². The molecular weight excluding hydrogens is 152 g/mol. The van der Waals surface area contributed by atoms with Crippen LogP contribution in [0, 0.1) is 6.92 Å². The predicted octanol–water partition coefficient (Wildman–Crippen LogP) is 1.65. The summed E-state index contributed by atoms with van der Waals surface area (Å²) >= 11 is 0. The molecular formula is C9H14N2O. The first-order chi connectivity index (χ1) is 5.83. The fourth-order valence-electron chi connectivity index (χ4n) is 0.903. The Bertz CT molecular complexity index is 253. The lowest BCUT2D eigenvalue weighted by Crippen LogP contribution is -2.12. The zero-order chi connectivity index (χ0) is 8.81. The van der Waals surface area contributed by atoms with Crippen molar-refractivity contribution in [3.8, 4) is 0 Å². The fraction of sp³-hybridized carbons (Fsp3) is 0.444. The van der Waals surface area contributed by atoms with Crippen LogP contribution in [-0.2, 0) is 6.54 Å². The lowest BCUT2D eigenvalue weighted by atomic mass is 10.4. The maximum Gasteiger partial charge on any atom is 0.133 e. The molecule has 1 aromatic rings. The third-order valence-corrected chi connectivity index (χ3v) is 1.48. The van der Waals surface area contributed by atoms with Gasteiger partial charge < -0.3 is 9.84 Å². The molecule has 3 heteroatoms. The summed E-state index contributed by atoms with van der Waals surface area (Å²) < 4.78 is 4.91. The molecule has 1 heterocycles. The van der Waals surface area contributed by atoms with Gasteiger partial charge in [-0.05, 0) is 13.8 Å². The Labute approximate surface area is 72.4 Å². The summed E-state index contributed by atoms with van der Waals surface area (Å²) in [6.45, 7) is 5.54. The first kappa shape index (κ1) is 9.00. The molecule has 0 amide bonds. The van der Waals surface area contributed by atoms with E-state index in [0.29, 0.717) is 0 Å². The number of nitrogens with zero attached hydrogens (tertiary/aromatic N) is 1. The second-order valence-electron chi connectivity index (χ2n) is 2.63. The van der Waals surface area contributed by atoms with Gasteiger partial charge in [-0.25, -0.2) is 0 Å². The predicted molar refractivity (Wildman–Crippen MR) is 47.8 cm³/mol. The quantitative estimate of drug-likeness (QED) is 0.546. The summed E-state index contributed by atoms with van der Waals surface area (Å²) in [5, 5.41) is 7.06. The molecule has 0 bridgehead atoms. The molecule has 0 aliphatic heterocycles. The van der Waals surface area contributed by atoms with Crippen molar-refractivity contribution < 1.29 is 4.52 Å². The van der Waals surface area contributed by atoms with E-state index in [1.54, 1.807) is 0 Å². The Morgan fingerprint density at radius 3 is 3.08 bits per heavy atom. The first-order valence-corrected chi connectivity index (χ1v) is 4.07. The van der Waals surface area contributed by atoms with Gasteiger partial charge in [-0.2, -0.15) is 0 Å². The molecule has 0 saturated heterocycles. The summed E-state index contributed by atoms with van der Waals surface area (Å²) in [6, 6.07) is 1.93. The monoisotopic (exact) mass is 166 g/mol. The van der Waals surface area contributed by atoms with Crippen LogP contribution in [-0.4, -0.2) is 11.7 Å². The highest BCUT2D eigenvalue weighted by Crippen LogP contribution is 1.99. The molecule has 12 heavy (non-hydrogen) atoms. The third-order valence-electron chi connectivity index (χ3n) is 1.48. The topological polar surface area (TPSA) is 38.1 Å². The van der Waals surface area contributed by atoms with Crippen molar-refractivity contribution in [2.24, 2.45) is 0 Å². The van der Waals surface area contributed by atoms with Crippen LogP contribution in [0.5, 0.6) is 0 Å². The third kappa shape index (κ3) is 2.88. The Morgan fingerprint density at radius 1 is 1.67 bits per heavy atom. The molecule has 0 radical (unpaired) electrons. The van der Waals surface area contributed by atoms with E-state index >= 15 is 0 Å². The van der Waals surface area contributed by atoms with Crippen molar-refractivity contribution in [1.29, 1.82) is 0 Å². The van der Waals surface area contributed by atoms with Crippen molar-refractivity contribution >= 4 is 0 Å². The van der Waals surface area contributed by atoms with E-state index in [0.717, 1.165) is 24.5 Å². The number of hydrogen-bond acceptors (Lipinski definition) is 3. The number of allylic oxidation sites excluding steroid dienone is 1. The highest BCUT2D eigenvalue weighted by molar-refractivity contribution is 5.03. The molecule has 0 unspecified atom stereocenters. The van der Waals surface area contributed by atoms with Gasteiger partial charge >= 0.3 is 0 Å². The molecule has 0 spiro atoms. The smallest absolute Gasteiger partial charge is 0.133 e. The molecule has 1 N–H and O–H groups in total. The SMILES string of the molecule is C/C=C/CNCc1cc(C)on1. The molecule has 0 aromatic carbocycles. The summed E-state index contributed by atoms with van der Waals surface area (Å²) in [5.74, 6) is 0.859. The van der Waals surface area contributed by atoms with E-state index in [2.05, 4.69) is 16.5 Å². The van der Waals surface area contributed by atoms with Crippen molar-refractivity contribution in [2.45, 2.75) is 20.4 Å². The average Bonchev–Trinajstić information content (AvgIpc) is 2.45. The van der Waals surface area contributed by atoms with Gasteiger partial charge in [-0.1, -0.05) is 17.3 Å². The number of rotatable bonds is 4. The summed E-state index contributed by atoms with van der Waals surface area (Å²) in [7, 11) is 0. The minimum absolute atomic E-state index is 0.766. The Balaban J connectivity index is 2.24. The van der Waals surface area contributed by atoms with Gasteiger partial charge in [0.2, 0.25) is 0 Å². The maximum absolute atomic E-state index is 4.91. The molecule has 3 nitrogen and oxygen atoms in total. The van der Waals surface area contributed by atoms with E-state index in [4.69, 9.17) is 4.52 Å². The van der Waals surface area contributed by atoms with Gasteiger partial charge in [0, 0.05) is 19.2 Å². The van der Waals surface area contributed by atoms with E-state index in [9.17, 15) is 0 Å². The molecule has 0 atom stereocenters. The Kier molecular flexibility index (Phi) is 3.54. The molecule has 0 aliphatic rings. The average molecular weight is 166 g/mol. The van der Waals surface area contributed by atoms with Crippen molar-refractivity contribution in [2.75, 3.05) is 6.54 Å². The minimum atomic E-state index is 0.766. The van der Waals surface area contributed by atoms with Crippen LogP contribution < -0.4 is 5.32 Å². The largest absolute Gasteiger partial charge is 0.361 e. The molecule has 0 aliphatic carbocycles. The summed E-state index contributed by atoms with van der Waals surface area (Å²) in [5.41, 5.74) is 0.956. The lowest BCUT2D eigenvalue weighted by Gasteiger charge is -1.94. The van der Waals surface area contributed by atoms with Crippen LogP contribution in [0.15, 0.2) is 22.7 Å². The zero-order valence-corrected chi connectivity index (χ0v) is 7.50. The van der Waals surface area contributed by atoms with Crippen LogP contribution in [0.2, 0.25) is 0 Å². The Morgan fingerprint density at radius 2 is 2.50 bits per heavy atom. The number of hydrogen-bond donors (Lipinski definition) is 1. The zero-order valence-electron chi connectivity index (χ0n) is 7.50. The van der Waals surface area contributed by atoms with Gasteiger partial charge in [0.25, 0.3) is 0 Å². The lowest BCUT2D eigenvalue weighted by molar-refractivity contribution is 0.388. The fourth-order valence-corrected chi connectivity index (χ4v) is 0.903. The van der Waals surface area contributed by atoms with Crippen LogP contribution in [0.3, 0.4) is 0 Å². The summed E-state index contributed by atoms with van der Waals surface area (Å²) in [6.07, 6.45) is 4.08. The van der Waals surface area contributed by atoms with Crippen molar-refractivity contribution in [3.05, 3.63) is 29.7 Å². The number of aromatic nitrogens is 1. The number of nitrogens with one attached hydrogen (secondary N) is 1. The van der Waals surface area contributed by atoms with Gasteiger partial charge in [-0.15, -0.1) is 0 Å². The molecule has 66 valence electrons. The van der Waals surface area contributed by atoms with Gasteiger partial charge in [0.05, 0.1) is 5.69 Å².